The molecule has 0 atom stereocenters. The Hall–Kier alpha value is -0.900. The van der Waals surface area contributed by atoms with E-state index in [9.17, 15) is 9.18 Å². The number of nitrogens with zero attached hydrogens (tertiary/aromatic N) is 1. The van der Waals surface area contributed by atoms with Crippen LogP contribution in [0.4, 0.5) is 4.39 Å². The molecule has 0 N–H and O–H groups in total. The second-order valence-electron chi connectivity index (χ2n) is 5.32. The van der Waals surface area contributed by atoms with Crippen LogP contribution >= 0.6 is 15.9 Å². The summed E-state index contributed by atoms with van der Waals surface area (Å²) in [6.07, 6.45) is 0. The van der Waals surface area contributed by atoms with E-state index >= 15 is 0 Å². The molecule has 94 valence electrons. The molecule has 17 heavy (non-hydrogen) atoms. The van der Waals surface area contributed by atoms with Gasteiger partial charge >= 0.3 is 0 Å². The molecule has 0 heterocycles. The van der Waals surface area contributed by atoms with Crippen molar-refractivity contribution in [1.29, 1.82) is 0 Å². The number of halogens is 2. The maximum absolute atomic E-state index is 13.6. The highest BCUT2D eigenvalue weighted by molar-refractivity contribution is 9.10. The van der Waals surface area contributed by atoms with Crippen molar-refractivity contribution >= 4 is 21.8 Å². The fraction of sp³-hybridized carbons (Fsp3) is 0.462. The van der Waals surface area contributed by atoms with Gasteiger partial charge in [-0.25, -0.2) is 4.39 Å². The number of carbonyl (C=O) groups is 1. The first kappa shape index (κ1) is 14.2. The summed E-state index contributed by atoms with van der Waals surface area (Å²) in [5.74, 6) is -0.796. The van der Waals surface area contributed by atoms with Gasteiger partial charge in [-0.3, -0.25) is 4.79 Å². The summed E-state index contributed by atoms with van der Waals surface area (Å²) in [5, 5.41) is 0. The van der Waals surface area contributed by atoms with Crippen LogP contribution in [0, 0.1) is 11.2 Å². The number of benzene rings is 1. The lowest BCUT2D eigenvalue weighted by Crippen LogP contribution is -2.35. The van der Waals surface area contributed by atoms with E-state index in [4.69, 9.17) is 0 Å². The molecule has 2 nitrogen and oxygen atoms in total. The van der Waals surface area contributed by atoms with Crippen molar-refractivity contribution in [3.05, 3.63) is 34.1 Å². The highest BCUT2D eigenvalue weighted by Crippen LogP contribution is 2.22. The van der Waals surface area contributed by atoms with E-state index in [1.54, 1.807) is 24.1 Å². The van der Waals surface area contributed by atoms with E-state index in [0.717, 1.165) is 0 Å². The third-order valence-electron chi connectivity index (χ3n) is 2.23. The molecule has 0 saturated carbocycles. The Balaban J connectivity index is 2.97. The van der Waals surface area contributed by atoms with Gasteiger partial charge in [-0.2, -0.15) is 0 Å². The van der Waals surface area contributed by atoms with Crippen molar-refractivity contribution in [3.8, 4) is 0 Å². The monoisotopic (exact) mass is 301 g/mol. The maximum Gasteiger partial charge on any atom is 0.257 e. The second-order valence-corrected chi connectivity index (χ2v) is 6.17. The van der Waals surface area contributed by atoms with Gasteiger partial charge < -0.3 is 4.90 Å². The third-order valence-corrected chi connectivity index (χ3v) is 2.90. The molecule has 1 aromatic rings. The fourth-order valence-electron chi connectivity index (χ4n) is 1.68. The zero-order chi connectivity index (χ0) is 13.2. The molecule has 0 unspecified atom stereocenters. The molecule has 1 amide bonds. The maximum atomic E-state index is 13.6. The first-order chi connectivity index (χ1) is 7.72. The minimum Gasteiger partial charge on any atom is -0.341 e. The van der Waals surface area contributed by atoms with E-state index in [0.29, 0.717) is 11.0 Å². The molecule has 1 aromatic carbocycles. The minimum atomic E-state index is -0.495. The van der Waals surface area contributed by atoms with Gasteiger partial charge in [0.2, 0.25) is 0 Å². The van der Waals surface area contributed by atoms with Crippen LogP contribution in [0.1, 0.15) is 31.1 Å². The van der Waals surface area contributed by atoms with E-state index in [1.807, 2.05) is 20.8 Å². The number of amides is 1. The van der Waals surface area contributed by atoms with Crippen LogP contribution in [0.3, 0.4) is 0 Å². The van der Waals surface area contributed by atoms with Crippen LogP contribution < -0.4 is 0 Å². The van der Waals surface area contributed by atoms with Gasteiger partial charge in [0.25, 0.3) is 5.91 Å². The number of hydrogen-bond acceptors (Lipinski definition) is 1. The van der Waals surface area contributed by atoms with E-state index < -0.39 is 5.82 Å². The van der Waals surface area contributed by atoms with Crippen LogP contribution in [0.2, 0.25) is 0 Å². The first-order valence-corrected chi connectivity index (χ1v) is 6.21. The Kier molecular flexibility index (Phi) is 4.31. The summed E-state index contributed by atoms with van der Waals surface area (Å²) in [6.45, 7) is 6.68. The zero-order valence-electron chi connectivity index (χ0n) is 10.6. The summed E-state index contributed by atoms with van der Waals surface area (Å²) < 4.78 is 14.1. The van der Waals surface area contributed by atoms with Gasteiger partial charge in [0, 0.05) is 18.1 Å². The lowest BCUT2D eigenvalue weighted by molar-refractivity contribution is 0.0740. The van der Waals surface area contributed by atoms with Crippen molar-refractivity contribution in [1.82, 2.24) is 4.90 Å². The van der Waals surface area contributed by atoms with Gasteiger partial charge in [0.1, 0.15) is 5.82 Å². The van der Waals surface area contributed by atoms with E-state index in [-0.39, 0.29) is 16.9 Å². The summed E-state index contributed by atoms with van der Waals surface area (Å²) in [4.78, 5) is 13.7. The van der Waals surface area contributed by atoms with Gasteiger partial charge in [0.05, 0.1) is 5.56 Å². The van der Waals surface area contributed by atoms with Crippen LogP contribution in [-0.2, 0) is 0 Å². The molecule has 0 spiro atoms. The highest BCUT2D eigenvalue weighted by Gasteiger charge is 2.22. The van der Waals surface area contributed by atoms with Crippen molar-refractivity contribution in [2.24, 2.45) is 5.41 Å². The normalized spacial score (nSPS) is 11.4. The zero-order valence-corrected chi connectivity index (χ0v) is 12.1. The Morgan fingerprint density at radius 1 is 1.41 bits per heavy atom. The summed E-state index contributed by atoms with van der Waals surface area (Å²) in [7, 11) is 1.69. The Labute approximate surface area is 110 Å². The molecule has 4 heteroatoms. The molecule has 1 rings (SSSR count). The lowest BCUT2D eigenvalue weighted by Gasteiger charge is -2.27. The average Bonchev–Trinajstić information content (AvgIpc) is 2.14. The van der Waals surface area contributed by atoms with Crippen LogP contribution in [0.25, 0.3) is 0 Å². The number of carbonyl (C=O) groups excluding carboxylic acids is 1. The van der Waals surface area contributed by atoms with Gasteiger partial charge in [-0.15, -0.1) is 0 Å². The van der Waals surface area contributed by atoms with Crippen molar-refractivity contribution in [2.45, 2.75) is 20.8 Å². The topological polar surface area (TPSA) is 20.3 Å². The first-order valence-electron chi connectivity index (χ1n) is 5.42. The van der Waals surface area contributed by atoms with Crippen molar-refractivity contribution in [2.75, 3.05) is 13.6 Å². The average molecular weight is 302 g/mol. The van der Waals surface area contributed by atoms with Crippen LogP contribution in [-0.4, -0.2) is 24.4 Å². The second kappa shape index (κ2) is 5.17. The highest BCUT2D eigenvalue weighted by atomic mass is 79.9. The minimum absolute atomic E-state index is 0.0118. The van der Waals surface area contributed by atoms with Crippen LogP contribution in [0.15, 0.2) is 22.7 Å². The molecule has 0 aliphatic rings. The van der Waals surface area contributed by atoms with Crippen LogP contribution in [0.5, 0.6) is 0 Å². The summed E-state index contributed by atoms with van der Waals surface area (Å²) in [6, 6.07) is 4.53. The molecule has 0 bridgehead atoms. The lowest BCUT2D eigenvalue weighted by atomic mass is 9.96. The SMILES string of the molecule is CN(CC(C)(C)C)C(=O)c1c(F)cccc1Br. The van der Waals surface area contributed by atoms with Crippen molar-refractivity contribution < 1.29 is 9.18 Å². The number of rotatable bonds is 2. The van der Waals surface area contributed by atoms with Gasteiger partial charge in [0.15, 0.2) is 0 Å². The molecule has 0 saturated heterocycles. The Bertz CT molecular complexity index is 406. The predicted octanol–water partition coefficient (Wildman–Crippen LogP) is 3.71. The number of hydrogen-bond donors (Lipinski definition) is 0. The fourth-order valence-corrected chi connectivity index (χ4v) is 2.19. The standard InChI is InChI=1S/C13H17BrFNO/c1-13(2,3)8-16(4)12(17)11-9(14)6-5-7-10(11)15/h5-7H,8H2,1-4H3. The summed E-state index contributed by atoms with van der Waals surface area (Å²) in [5.41, 5.74) is 0.0848. The molecular formula is C13H17BrFNO. The molecule has 0 aliphatic carbocycles. The third kappa shape index (κ3) is 3.80. The van der Waals surface area contributed by atoms with E-state index in [1.165, 1.54) is 6.07 Å². The molecule has 0 radical (unpaired) electrons. The molecule has 0 aromatic heterocycles. The van der Waals surface area contributed by atoms with Gasteiger partial charge in [-0.1, -0.05) is 26.8 Å². The van der Waals surface area contributed by atoms with Crippen molar-refractivity contribution in [3.63, 3.8) is 0 Å². The summed E-state index contributed by atoms with van der Waals surface area (Å²) >= 11 is 3.21. The molecule has 0 fully saturated rings. The predicted molar refractivity (Wildman–Crippen MR) is 70.5 cm³/mol. The Morgan fingerprint density at radius 2 is 2.00 bits per heavy atom. The Morgan fingerprint density at radius 3 is 2.47 bits per heavy atom. The largest absolute Gasteiger partial charge is 0.341 e. The van der Waals surface area contributed by atoms with Gasteiger partial charge in [-0.05, 0) is 33.5 Å². The van der Waals surface area contributed by atoms with E-state index in [2.05, 4.69) is 15.9 Å². The molecular weight excluding hydrogens is 285 g/mol. The quantitative estimate of drug-likeness (QED) is 0.815. The smallest absolute Gasteiger partial charge is 0.257 e. The molecule has 0 aliphatic heterocycles.